The second kappa shape index (κ2) is 7.20. The second-order valence-electron chi connectivity index (χ2n) is 6.79. The molecule has 0 fully saturated rings. The highest BCUT2D eigenvalue weighted by Gasteiger charge is 2.34. The lowest BCUT2D eigenvalue weighted by atomic mass is 10.1. The lowest BCUT2D eigenvalue weighted by Gasteiger charge is -2.12. The zero-order valence-corrected chi connectivity index (χ0v) is 15.2. The predicted octanol–water partition coefficient (Wildman–Crippen LogP) is 3.86. The predicted molar refractivity (Wildman–Crippen MR) is 98.4 cm³/mol. The number of nitrogens with zero attached hydrogens (tertiary/aromatic N) is 2. The maximum absolute atomic E-state index is 12.8. The smallest absolute Gasteiger partial charge is 0.346 e. The van der Waals surface area contributed by atoms with E-state index in [1.54, 1.807) is 36.5 Å². The average molecular weight is 399 g/mol. The van der Waals surface area contributed by atoms with Crippen molar-refractivity contribution in [1.82, 2.24) is 14.9 Å². The van der Waals surface area contributed by atoms with Crippen molar-refractivity contribution in [3.63, 3.8) is 0 Å². The Hall–Kier alpha value is -3.42. The number of amides is 2. The van der Waals surface area contributed by atoms with Crippen LogP contribution in [0.5, 0.6) is 0 Å². The second-order valence-corrected chi connectivity index (χ2v) is 6.79. The molecule has 0 atom stereocenters. The summed E-state index contributed by atoms with van der Waals surface area (Å²) >= 11 is 0. The summed E-state index contributed by atoms with van der Waals surface area (Å²) in [6, 6.07) is 11.8. The maximum Gasteiger partial charge on any atom is 0.416 e. The van der Waals surface area contributed by atoms with Gasteiger partial charge in [0, 0.05) is 31.3 Å². The van der Waals surface area contributed by atoms with Crippen LogP contribution in [0.25, 0.3) is 0 Å². The number of alkyl halides is 3. The number of halogens is 3. The zero-order chi connectivity index (χ0) is 20.6. The van der Waals surface area contributed by atoms with E-state index in [2.05, 4.69) is 9.97 Å². The lowest BCUT2D eigenvalue weighted by Crippen LogP contribution is -2.31. The molecular formula is C21H16F3N3O2. The standard InChI is InChI=1S/C21H16F3N3O2/c22-21(23,24)14-5-3-4-13(10-14)11-18-25-12-15(26-18)8-9-27-19(28)16-6-1-2-7-17(16)20(27)29/h1-7,10,12H,8-9,11H2,(H,25,26). The Kier molecular flexibility index (Phi) is 4.70. The number of aromatic nitrogens is 2. The Morgan fingerprint density at radius 3 is 2.31 bits per heavy atom. The Morgan fingerprint density at radius 1 is 0.966 bits per heavy atom. The highest BCUT2D eigenvalue weighted by Crippen LogP contribution is 2.30. The number of rotatable bonds is 5. The summed E-state index contributed by atoms with van der Waals surface area (Å²) in [5.74, 6) is -0.134. The van der Waals surface area contributed by atoms with E-state index in [-0.39, 0.29) is 24.8 Å². The van der Waals surface area contributed by atoms with Crippen molar-refractivity contribution in [2.45, 2.75) is 19.0 Å². The molecule has 2 amide bonds. The molecule has 0 saturated heterocycles. The van der Waals surface area contributed by atoms with E-state index in [1.165, 1.54) is 11.0 Å². The van der Waals surface area contributed by atoms with Crippen LogP contribution in [-0.4, -0.2) is 33.2 Å². The first kappa shape index (κ1) is 18.9. The van der Waals surface area contributed by atoms with Crippen molar-refractivity contribution in [1.29, 1.82) is 0 Å². The average Bonchev–Trinajstić information content (AvgIpc) is 3.23. The fraction of sp³-hybridized carbons (Fsp3) is 0.190. The van der Waals surface area contributed by atoms with Gasteiger partial charge in [-0.25, -0.2) is 4.98 Å². The van der Waals surface area contributed by atoms with Crippen LogP contribution >= 0.6 is 0 Å². The first-order valence-electron chi connectivity index (χ1n) is 8.97. The van der Waals surface area contributed by atoms with Crippen molar-refractivity contribution in [2.75, 3.05) is 6.54 Å². The number of benzene rings is 2. The molecule has 2 aromatic carbocycles. The summed E-state index contributed by atoms with van der Waals surface area (Å²) in [6.45, 7) is 0.192. The molecule has 29 heavy (non-hydrogen) atoms. The molecule has 0 radical (unpaired) electrons. The minimum atomic E-state index is -4.39. The monoisotopic (exact) mass is 399 g/mol. The summed E-state index contributed by atoms with van der Waals surface area (Å²) in [5, 5.41) is 0. The van der Waals surface area contributed by atoms with Gasteiger partial charge in [0.2, 0.25) is 0 Å². The van der Waals surface area contributed by atoms with Crippen LogP contribution in [0.2, 0.25) is 0 Å². The maximum atomic E-state index is 12.8. The number of fused-ring (bicyclic) bond motifs is 1. The van der Waals surface area contributed by atoms with Crippen LogP contribution in [0.1, 0.15) is 43.4 Å². The molecule has 0 aliphatic carbocycles. The third-order valence-corrected chi connectivity index (χ3v) is 4.79. The van der Waals surface area contributed by atoms with Crippen molar-refractivity contribution < 1.29 is 22.8 Å². The first-order chi connectivity index (χ1) is 13.8. The number of aromatic amines is 1. The summed E-state index contributed by atoms with van der Waals surface area (Å²) in [5.41, 5.74) is 1.27. The summed E-state index contributed by atoms with van der Waals surface area (Å²) in [4.78, 5) is 33.2. The van der Waals surface area contributed by atoms with Crippen LogP contribution in [0.4, 0.5) is 13.2 Å². The van der Waals surface area contributed by atoms with Gasteiger partial charge in [0.1, 0.15) is 5.82 Å². The van der Waals surface area contributed by atoms with Crippen molar-refractivity contribution in [3.8, 4) is 0 Å². The van der Waals surface area contributed by atoms with E-state index in [0.717, 1.165) is 12.1 Å². The number of carbonyl (C=O) groups is 2. The van der Waals surface area contributed by atoms with E-state index in [9.17, 15) is 22.8 Å². The van der Waals surface area contributed by atoms with Gasteiger partial charge in [0.05, 0.1) is 16.7 Å². The number of nitrogens with one attached hydrogen (secondary N) is 1. The Balaban J connectivity index is 1.41. The molecule has 8 heteroatoms. The molecular weight excluding hydrogens is 383 g/mol. The van der Waals surface area contributed by atoms with Crippen LogP contribution < -0.4 is 0 Å². The molecule has 1 N–H and O–H groups in total. The molecule has 5 nitrogen and oxygen atoms in total. The molecule has 4 rings (SSSR count). The molecule has 148 valence electrons. The van der Waals surface area contributed by atoms with E-state index < -0.39 is 11.7 Å². The lowest BCUT2D eigenvalue weighted by molar-refractivity contribution is -0.137. The number of carbonyl (C=O) groups excluding carboxylic acids is 2. The van der Waals surface area contributed by atoms with Gasteiger partial charge in [-0.05, 0) is 23.8 Å². The van der Waals surface area contributed by atoms with Crippen LogP contribution in [-0.2, 0) is 19.0 Å². The van der Waals surface area contributed by atoms with Gasteiger partial charge in [0.15, 0.2) is 0 Å². The number of hydrogen-bond acceptors (Lipinski definition) is 3. The molecule has 0 bridgehead atoms. The van der Waals surface area contributed by atoms with E-state index in [4.69, 9.17) is 0 Å². The van der Waals surface area contributed by atoms with Gasteiger partial charge in [-0.1, -0.05) is 30.3 Å². The van der Waals surface area contributed by atoms with Gasteiger partial charge < -0.3 is 4.98 Å². The van der Waals surface area contributed by atoms with E-state index >= 15 is 0 Å². The van der Waals surface area contributed by atoms with Crippen LogP contribution in [0, 0.1) is 0 Å². The Labute approximate surface area is 164 Å². The molecule has 2 heterocycles. The molecule has 3 aromatic rings. The van der Waals surface area contributed by atoms with Gasteiger partial charge in [-0.15, -0.1) is 0 Å². The number of hydrogen-bond donors (Lipinski definition) is 1. The fourth-order valence-corrected chi connectivity index (χ4v) is 3.35. The minimum absolute atomic E-state index is 0.192. The zero-order valence-electron chi connectivity index (χ0n) is 15.2. The van der Waals surface area contributed by atoms with E-state index in [0.29, 0.717) is 34.6 Å². The number of H-pyrrole nitrogens is 1. The highest BCUT2D eigenvalue weighted by molar-refractivity contribution is 6.21. The summed E-state index contributed by atoms with van der Waals surface area (Å²) in [6.07, 6.45) is -2.23. The van der Waals surface area contributed by atoms with Gasteiger partial charge in [-0.3, -0.25) is 14.5 Å². The molecule has 0 unspecified atom stereocenters. The summed E-state index contributed by atoms with van der Waals surface area (Å²) in [7, 11) is 0. The topological polar surface area (TPSA) is 66.1 Å². The first-order valence-corrected chi connectivity index (χ1v) is 8.97. The normalized spacial score (nSPS) is 13.8. The molecule has 0 spiro atoms. The SMILES string of the molecule is O=C1c2ccccc2C(=O)N1CCc1cnc(Cc2cccc(C(F)(F)F)c2)[nH]1. The van der Waals surface area contributed by atoms with Crippen LogP contribution in [0.15, 0.2) is 54.7 Å². The van der Waals surface area contributed by atoms with Gasteiger partial charge >= 0.3 is 6.18 Å². The van der Waals surface area contributed by atoms with Gasteiger partial charge in [-0.2, -0.15) is 13.2 Å². The quantitative estimate of drug-likeness (QED) is 0.663. The molecule has 1 aromatic heterocycles. The molecule has 0 saturated carbocycles. The van der Waals surface area contributed by atoms with Crippen LogP contribution in [0.3, 0.4) is 0 Å². The summed E-state index contributed by atoms with van der Waals surface area (Å²) < 4.78 is 38.5. The number of imide groups is 1. The highest BCUT2D eigenvalue weighted by atomic mass is 19.4. The fourth-order valence-electron chi connectivity index (χ4n) is 3.35. The van der Waals surface area contributed by atoms with E-state index in [1.807, 2.05) is 0 Å². The molecule has 1 aliphatic rings. The van der Waals surface area contributed by atoms with Crippen molar-refractivity contribution >= 4 is 11.8 Å². The number of imidazole rings is 1. The third kappa shape index (κ3) is 3.78. The minimum Gasteiger partial charge on any atom is -0.346 e. The van der Waals surface area contributed by atoms with Crippen molar-refractivity contribution in [3.05, 3.63) is 88.5 Å². The largest absolute Gasteiger partial charge is 0.416 e. The van der Waals surface area contributed by atoms with Gasteiger partial charge in [0.25, 0.3) is 11.8 Å². The third-order valence-electron chi connectivity index (χ3n) is 4.79. The Bertz CT molecular complexity index is 1050. The van der Waals surface area contributed by atoms with Crippen molar-refractivity contribution in [2.24, 2.45) is 0 Å². The Morgan fingerprint density at radius 2 is 1.66 bits per heavy atom. The molecule has 1 aliphatic heterocycles.